The van der Waals surface area contributed by atoms with Crippen LogP contribution in [0.2, 0.25) is 0 Å². The number of nitrogens with zero attached hydrogens (tertiary/aromatic N) is 1. The van der Waals surface area contributed by atoms with E-state index >= 15 is 0 Å². The molecule has 2 aromatic rings. The molecule has 1 aliphatic rings. The summed E-state index contributed by atoms with van der Waals surface area (Å²) in [6, 6.07) is 6.33. The summed E-state index contributed by atoms with van der Waals surface area (Å²) in [4.78, 5) is 4.74. The van der Waals surface area contributed by atoms with Gasteiger partial charge in [0.2, 0.25) is 0 Å². The van der Waals surface area contributed by atoms with Crippen molar-refractivity contribution in [3.05, 3.63) is 28.8 Å². The van der Waals surface area contributed by atoms with Crippen molar-refractivity contribution in [1.82, 2.24) is 4.98 Å². The molecule has 1 saturated carbocycles. The van der Waals surface area contributed by atoms with E-state index in [0.717, 1.165) is 10.5 Å². The van der Waals surface area contributed by atoms with E-state index < -0.39 is 0 Å². The van der Waals surface area contributed by atoms with Crippen LogP contribution in [0.4, 0.5) is 0 Å². The van der Waals surface area contributed by atoms with E-state index in [-0.39, 0.29) is 5.54 Å². The summed E-state index contributed by atoms with van der Waals surface area (Å²) in [6.45, 7) is 4.23. The number of hydrogen-bond acceptors (Lipinski definition) is 3. The Morgan fingerprint density at radius 2 is 2.19 bits per heavy atom. The quantitative estimate of drug-likeness (QED) is 0.863. The minimum absolute atomic E-state index is 0.226. The molecule has 2 N–H and O–H groups in total. The molecule has 0 radical (unpaired) electrons. The predicted octanol–water partition coefficient (Wildman–Crippen LogP) is 3.19. The number of para-hydroxylation sites is 1. The number of aryl methyl sites for hydroxylation is 1. The minimum Gasteiger partial charge on any atom is -0.319 e. The van der Waals surface area contributed by atoms with Gasteiger partial charge in [0.1, 0.15) is 5.01 Å². The number of thiazole rings is 1. The van der Waals surface area contributed by atoms with Gasteiger partial charge in [0, 0.05) is 0 Å². The fourth-order valence-corrected chi connectivity index (χ4v) is 3.36. The van der Waals surface area contributed by atoms with Crippen molar-refractivity contribution in [3.8, 4) is 0 Å². The van der Waals surface area contributed by atoms with Crippen LogP contribution in [0.25, 0.3) is 10.2 Å². The summed E-state index contributed by atoms with van der Waals surface area (Å²) in [6.07, 6.45) is 2.50. The first-order valence-corrected chi connectivity index (χ1v) is 6.56. The number of nitrogens with two attached hydrogens (primary N) is 1. The lowest BCUT2D eigenvalue weighted by molar-refractivity contribution is 0.426. The lowest BCUT2D eigenvalue weighted by Gasteiger charge is -2.20. The van der Waals surface area contributed by atoms with E-state index in [1.54, 1.807) is 11.3 Å². The zero-order chi connectivity index (χ0) is 11.3. The zero-order valence-corrected chi connectivity index (χ0v) is 10.5. The van der Waals surface area contributed by atoms with Gasteiger partial charge in [0.15, 0.2) is 0 Å². The second kappa shape index (κ2) is 3.28. The van der Waals surface area contributed by atoms with E-state index in [1.807, 2.05) is 0 Å². The summed E-state index contributed by atoms with van der Waals surface area (Å²) in [5, 5.41) is 1.10. The van der Waals surface area contributed by atoms with Gasteiger partial charge in [-0.15, -0.1) is 11.3 Å². The van der Waals surface area contributed by atoms with Gasteiger partial charge in [-0.2, -0.15) is 0 Å². The van der Waals surface area contributed by atoms with E-state index in [1.165, 1.54) is 23.1 Å². The molecular weight excluding hydrogens is 216 g/mol. The van der Waals surface area contributed by atoms with Crippen molar-refractivity contribution in [2.45, 2.75) is 32.2 Å². The van der Waals surface area contributed by atoms with Crippen LogP contribution in [0.3, 0.4) is 0 Å². The first-order chi connectivity index (χ1) is 7.59. The monoisotopic (exact) mass is 232 g/mol. The number of aromatic nitrogens is 1. The maximum Gasteiger partial charge on any atom is 0.114 e. The van der Waals surface area contributed by atoms with Crippen molar-refractivity contribution >= 4 is 21.6 Å². The molecule has 2 nitrogen and oxygen atoms in total. The van der Waals surface area contributed by atoms with Crippen LogP contribution in [0.1, 0.15) is 30.3 Å². The van der Waals surface area contributed by atoms with Crippen LogP contribution < -0.4 is 5.73 Å². The third kappa shape index (κ3) is 1.46. The van der Waals surface area contributed by atoms with Gasteiger partial charge in [-0.3, -0.25) is 0 Å². The summed E-state index contributed by atoms with van der Waals surface area (Å²) in [7, 11) is 0. The standard InChI is InChI=1S/C13H16N2S/c1-8-4-3-5-10-11(8)15-12(16-10)13(2,14)9-6-7-9/h3-5,9H,6-7,14H2,1-2H3. The topological polar surface area (TPSA) is 38.9 Å². The van der Waals surface area contributed by atoms with Crippen LogP contribution >= 0.6 is 11.3 Å². The average molecular weight is 232 g/mol. The van der Waals surface area contributed by atoms with Gasteiger partial charge < -0.3 is 5.73 Å². The molecule has 3 rings (SSSR count). The summed E-state index contributed by atoms with van der Waals surface area (Å²) in [5.74, 6) is 0.633. The highest BCUT2D eigenvalue weighted by molar-refractivity contribution is 7.18. The Morgan fingerprint density at radius 1 is 1.44 bits per heavy atom. The van der Waals surface area contributed by atoms with Crippen molar-refractivity contribution in [1.29, 1.82) is 0 Å². The van der Waals surface area contributed by atoms with Crippen LogP contribution in [0.5, 0.6) is 0 Å². The Morgan fingerprint density at radius 3 is 2.81 bits per heavy atom. The minimum atomic E-state index is -0.226. The first kappa shape index (κ1) is 10.2. The van der Waals surface area contributed by atoms with Crippen molar-refractivity contribution in [2.75, 3.05) is 0 Å². The molecule has 16 heavy (non-hydrogen) atoms. The second-order valence-electron chi connectivity index (χ2n) is 5.00. The molecular formula is C13H16N2S. The third-order valence-corrected chi connectivity index (χ3v) is 4.78. The van der Waals surface area contributed by atoms with Crippen LogP contribution in [0, 0.1) is 12.8 Å². The molecule has 3 heteroatoms. The molecule has 0 saturated heterocycles. The van der Waals surface area contributed by atoms with Crippen LogP contribution in [0.15, 0.2) is 18.2 Å². The summed E-state index contributed by atoms with van der Waals surface area (Å²) < 4.78 is 1.26. The fourth-order valence-electron chi connectivity index (χ4n) is 2.17. The largest absolute Gasteiger partial charge is 0.319 e. The Hall–Kier alpha value is -0.930. The van der Waals surface area contributed by atoms with Crippen LogP contribution in [-0.2, 0) is 5.54 Å². The zero-order valence-electron chi connectivity index (χ0n) is 9.66. The van der Waals surface area contributed by atoms with Gasteiger partial charge >= 0.3 is 0 Å². The molecule has 0 aliphatic heterocycles. The molecule has 0 spiro atoms. The molecule has 1 unspecified atom stereocenters. The SMILES string of the molecule is Cc1cccc2sc(C(C)(N)C3CC3)nc12. The molecule has 1 aromatic carbocycles. The van der Waals surface area contributed by atoms with Gasteiger partial charge in [-0.05, 0) is 44.2 Å². The molecule has 84 valence electrons. The number of rotatable bonds is 2. The molecule has 1 aromatic heterocycles. The Balaban J connectivity index is 2.15. The fraction of sp³-hybridized carbons (Fsp3) is 0.462. The second-order valence-corrected chi connectivity index (χ2v) is 6.03. The van der Waals surface area contributed by atoms with Crippen molar-refractivity contribution < 1.29 is 0 Å². The Kier molecular flexibility index (Phi) is 2.10. The molecule has 1 aliphatic carbocycles. The van der Waals surface area contributed by atoms with Gasteiger partial charge in [-0.1, -0.05) is 12.1 Å². The maximum atomic E-state index is 6.41. The van der Waals surface area contributed by atoms with E-state index in [2.05, 4.69) is 32.0 Å². The van der Waals surface area contributed by atoms with Crippen molar-refractivity contribution in [2.24, 2.45) is 11.7 Å². The highest BCUT2D eigenvalue weighted by atomic mass is 32.1. The summed E-state index contributed by atoms with van der Waals surface area (Å²) in [5.41, 5.74) is 8.55. The number of fused-ring (bicyclic) bond motifs is 1. The maximum absolute atomic E-state index is 6.41. The smallest absolute Gasteiger partial charge is 0.114 e. The molecule has 0 bridgehead atoms. The van der Waals surface area contributed by atoms with Crippen LogP contribution in [-0.4, -0.2) is 4.98 Å². The summed E-state index contributed by atoms with van der Waals surface area (Å²) >= 11 is 1.75. The third-order valence-electron chi connectivity index (χ3n) is 3.51. The van der Waals surface area contributed by atoms with E-state index in [0.29, 0.717) is 5.92 Å². The molecule has 1 fully saturated rings. The normalized spacial score (nSPS) is 19.9. The Bertz CT molecular complexity index is 538. The van der Waals surface area contributed by atoms with E-state index in [4.69, 9.17) is 10.7 Å². The predicted molar refractivity (Wildman–Crippen MR) is 68.6 cm³/mol. The van der Waals surface area contributed by atoms with Gasteiger partial charge in [0.05, 0.1) is 15.8 Å². The molecule has 0 amide bonds. The van der Waals surface area contributed by atoms with Crippen molar-refractivity contribution in [3.63, 3.8) is 0 Å². The van der Waals surface area contributed by atoms with Gasteiger partial charge in [0.25, 0.3) is 0 Å². The Labute approximate surface area is 99.5 Å². The lowest BCUT2D eigenvalue weighted by atomic mass is 9.98. The molecule has 1 heterocycles. The van der Waals surface area contributed by atoms with E-state index in [9.17, 15) is 0 Å². The van der Waals surface area contributed by atoms with Gasteiger partial charge in [-0.25, -0.2) is 4.98 Å². The number of benzene rings is 1. The molecule has 1 atom stereocenters. The highest BCUT2D eigenvalue weighted by Crippen LogP contribution is 2.45. The lowest BCUT2D eigenvalue weighted by Crippen LogP contribution is -2.35. The highest BCUT2D eigenvalue weighted by Gasteiger charge is 2.41. The number of hydrogen-bond donors (Lipinski definition) is 1. The first-order valence-electron chi connectivity index (χ1n) is 5.74. The average Bonchev–Trinajstić information content (AvgIpc) is 2.99.